The molecule has 0 saturated heterocycles. The molecule has 1 aromatic rings. The molecule has 1 fully saturated rings. The molecular formula is C17H28N4. The Labute approximate surface area is 128 Å². The van der Waals surface area contributed by atoms with Gasteiger partial charge in [-0.05, 0) is 43.0 Å². The Morgan fingerprint density at radius 3 is 2.62 bits per heavy atom. The molecule has 116 valence electrons. The van der Waals surface area contributed by atoms with Crippen molar-refractivity contribution in [1.82, 2.24) is 5.32 Å². The second-order valence-electron chi connectivity index (χ2n) is 6.19. The van der Waals surface area contributed by atoms with Crippen LogP contribution in [0.5, 0.6) is 0 Å². The normalized spacial score (nSPS) is 16.8. The van der Waals surface area contributed by atoms with Crippen LogP contribution in [0.15, 0.2) is 23.2 Å². The maximum atomic E-state index is 6.01. The Bertz CT molecular complexity index is 488. The summed E-state index contributed by atoms with van der Waals surface area (Å²) in [6.07, 6.45) is 6.39. The highest BCUT2D eigenvalue weighted by Gasteiger charge is 2.13. The summed E-state index contributed by atoms with van der Waals surface area (Å²) in [4.78, 5) is 6.60. The van der Waals surface area contributed by atoms with E-state index < -0.39 is 0 Å². The molecule has 0 heterocycles. The van der Waals surface area contributed by atoms with Crippen molar-refractivity contribution in [2.75, 3.05) is 19.0 Å². The molecule has 0 spiro atoms. The van der Waals surface area contributed by atoms with E-state index in [9.17, 15) is 0 Å². The fourth-order valence-electron chi connectivity index (χ4n) is 2.81. The zero-order valence-corrected chi connectivity index (χ0v) is 13.5. The van der Waals surface area contributed by atoms with E-state index in [2.05, 4.69) is 54.4 Å². The summed E-state index contributed by atoms with van der Waals surface area (Å²) >= 11 is 0. The van der Waals surface area contributed by atoms with E-state index in [1.165, 1.54) is 48.9 Å². The predicted molar refractivity (Wildman–Crippen MR) is 90.8 cm³/mol. The molecular weight excluding hydrogens is 260 g/mol. The molecule has 1 saturated carbocycles. The van der Waals surface area contributed by atoms with Gasteiger partial charge in [0.1, 0.15) is 0 Å². The molecule has 4 nitrogen and oxygen atoms in total. The van der Waals surface area contributed by atoms with Gasteiger partial charge in [-0.15, -0.1) is 0 Å². The first-order valence-corrected chi connectivity index (χ1v) is 7.89. The fraction of sp³-hybridized carbons (Fsp3) is 0.588. The van der Waals surface area contributed by atoms with E-state index in [4.69, 9.17) is 5.73 Å². The van der Waals surface area contributed by atoms with Crippen molar-refractivity contribution in [2.45, 2.75) is 51.6 Å². The molecule has 4 heteroatoms. The van der Waals surface area contributed by atoms with Crippen LogP contribution >= 0.6 is 0 Å². The third kappa shape index (κ3) is 4.66. The number of nitrogens with zero attached hydrogens (tertiary/aromatic N) is 2. The monoisotopic (exact) mass is 288 g/mol. The Morgan fingerprint density at radius 2 is 2.00 bits per heavy atom. The summed E-state index contributed by atoms with van der Waals surface area (Å²) in [7, 11) is 4.11. The number of rotatable bonds is 4. The van der Waals surface area contributed by atoms with Gasteiger partial charge >= 0.3 is 0 Å². The van der Waals surface area contributed by atoms with Crippen molar-refractivity contribution in [1.29, 1.82) is 0 Å². The van der Waals surface area contributed by atoms with Gasteiger partial charge in [-0.25, -0.2) is 4.99 Å². The second-order valence-corrected chi connectivity index (χ2v) is 6.19. The van der Waals surface area contributed by atoms with Gasteiger partial charge in [0.25, 0.3) is 0 Å². The second kappa shape index (κ2) is 7.34. The molecule has 0 bridgehead atoms. The largest absolute Gasteiger partial charge is 0.378 e. The van der Waals surface area contributed by atoms with Crippen LogP contribution in [-0.4, -0.2) is 26.1 Å². The van der Waals surface area contributed by atoms with Crippen LogP contribution < -0.4 is 16.0 Å². The van der Waals surface area contributed by atoms with Crippen molar-refractivity contribution < 1.29 is 0 Å². The zero-order chi connectivity index (χ0) is 15.2. The minimum absolute atomic E-state index is 0.514. The molecule has 3 N–H and O–H groups in total. The number of nitrogens with one attached hydrogen (secondary N) is 1. The van der Waals surface area contributed by atoms with Gasteiger partial charge in [-0.3, -0.25) is 0 Å². The summed E-state index contributed by atoms with van der Waals surface area (Å²) in [6, 6.07) is 6.97. The lowest BCUT2D eigenvalue weighted by atomic mass is 9.96. The zero-order valence-electron chi connectivity index (χ0n) is 13.5. The van der Waals surface area contributed by atoms with Gasteiger partial charge in [0.15, 0.2) is 5.96 Å². The number of anilines is 1. The lowest BCUT2D eigenvalue weighted by molar-refractivity contribution is 0.412. The highest BCUT2D eigenvalue weighted by Crippen LogP contribution is 2.19. The van der Waals surface area contributed by atoms with E-state index in [1.807, 2.05) is 0 Å². The Balaban J connectivity index is 1.93. The van der Waals surface area contributed by atoms with Crippen molar-refractivity contribution in [3.63, 3.8) is 0 Å². The lowest BCUT2D eigenvalue weighted by Crippen LogP contribution is -2.41. The first kappa shape index (κ1) is 15.7. The standard InChI is InChI=1S/C17H28N4/c1-13-11-16(21(2)3)10-9-14(13)12-19-17(18)20-15-7-5-4-6-8-15/h9-11,15H,4-8,12H2,1-3H3,(H3,18,19,20). The molecule has 1 aromatic carbocycles. The third-order valence-corrected chi connectivity index (χ3v) is 4.22. The average Bonchev–Trinajstić information content (AvgIpc) is 2.47. The molecule has 1 aliphatic rings. The van der Waals surface area contributed by atoms with Crippen molar-refractivity contribution in [3.05, 3.63) is 29.3 Å². The minimum Gasteiger partial charge on any atom is -0.378 e. The van der Waals surface area contributed by atoms with Gasteiger partial charge in [0, 0.05) is 25.8 Å². The number of aryl methyl sites for hydroxylation is 1. The Morgan fingerprint density at radius 1 is 1.29 bits per heavy atom. The van der Waals surface area contributed by atoms with Crippen LogP contribution in [0.25, 0.3) is 0 Å². The summed E-state index contributed by atoms with van der Waals surface area (Å²) in [6.45, 7) is 2.77. The van der Waals surface area contributed by atoms with Gasteiger partial charge < -0.3 is 16.0 Å². The topological polar surface area (TPSA) is 53.6 Å². The van der Waals surface area contributed by atoms with Crippen LogP contribution in [0.2, 0.25) is 0 Å². The fourth-order valence-corrected chi connectivity index (χ4v) is 2.81. The summed E-state index contributed by atoms with van der Waals surface area (Å²) in [5.41, 5.74) is 9.72. The molecule has 2 rings (SSSR count). The van der Waals surface area contributed by atoms with Crippen LogP contribution in [-0.2, 0) is 6.54 Å². The third-order valence-electron chi connectivity index (χ3n) is 4.22. The molecule has 0 atom stereocenters. The van der Waals surface area contributed by atoms with Crippen molar-refractivity contribution in [3.8, 4) is 0 Å². The summed E-state index contributed by atoms with van der Waals surface area (Å²) in [5.74, 6) is 0.581. The van der Waals surface area contributed by atoms with Gasteiger partial charge in [0.2, 0.25) is 0 Å². The molecule has 0 aliphatic heterocycles. The quantitative estimate of drug-likeness (QED) is 0.661. The van der Waals surface area contributed by atoms with E-state index in [0.717, 1.165) is 0 Å². The van der Waals surface area contributed by atoms with Crippen LogP contribution in [0, 0.1) is 6.92 Å². The highest BCUT2D eigenvalue weighted by molar-refractivity contribution is 5.78. The van der Waals surface area contributed by atoms with Crippen LogP contribution in [0.3, 0.4) is 0 Å². The van der Waals surface area contributed by atoms with Gasteiger partial charge in [-0.2, -0.15) is 0 Å². The maximum Gasteiger partial charge on any atom is 0.189 e. The molecule has 0 amide bonds. The Kier molecular flexibility index (Phi) is 5.48. The van der Waals surface area contributed by atoms with Crippen LogP contribution in [0.1, 0.15) is 43.2 Å². The maximum absolute atomic E-state index is 6.01. The van der Waals surface area contributed by atoms with Crippen molar-refractivity contribution >= 4 is 11.6 Å². The first-order chi connectivity index (χ1) is 10.1. The van der Waals surface area contributed by atoms with E-state index in [1.54, 1.807) is 0 Å². The number of benzene rings is 1. The SMILES string of the molecule is Cc1cc(N(C)C)ccc1CN=C(N)NC1CCCCC1. The molecule has 1 aliphatic carbocycles. The number of aliphatic imine (C=N–C) groups is 1. The van der Waals surface area contributed by atoms with Gasteiger partial charge in [-0.1, -0.05) is 25.3 Å². The lowest BCUT2D eigenvalue weighted by Gasteiger charge is -2.23. The molecule has 0 unspecified atom stereocenters. The molecule has 0 radical (unpaired) electrons. The summed E-state index contributed by atoms with van der Waals surface area (Å²) in [5, 5.41) is 3.36. The minimum atomic E-state index is 0.514. The first-order valence-electron chi connectivity index (χ1n) is 7.89. The smallest absolute Gasteiger partial charge is 0.189 e. The average molecular weight is 288 g/mol. The number of hydrogen-bond donors (Lipinski definition) is 2. The number of guanidine groups is 1. The highest BCUT2D eigenvalue weighted by atomic mass is 15.1. The van der Waals surface area contributed by atoms with Crippen molar-refractivity contribution in [2.24, 2.45) is 10.7 Å². The Hall–Kier alpha value is -1.71. The van der Waals surface area contributed by atoms with E-state index >= 15 is 0 Å². The van der Waals surface area contributed by atoms with Crippen LogP contribution in [0.4, 0.5) is 5.69 Å². The van der Waals surface area contributed by atoms with E-state index in [-0.39, 0.29) is 0 Å². The van der Waals surface area contributed by atoms with E-state index in [0.29, 0.717) is 18.5 Å². The van der Waals surface area contributed by atoms with Gasteiger partial charge in [0.05, 0.1) is 6.54 Å². The predicted octanol–water partition coefficient (Wildman–Crippen LogP) is 2.80. The number of hydrogen-bond acceptors (Lipinski definition) is 2. The number of nitrogens with two attached hydrogens (primary N) is 1. The summed E-state index contributed by atoms with van der Waals surface area (Å²) < 4.78 is 0. The molecule has 0 aromatic heterocycles. The molecule has 21 heavy (non-hydrogen) atoms.